The normalized spacial score (nSPS) is 15.8. The van der Waals surface area contributed by atoms with Crippen LogP contribution in [0.2, 0.25) is 0 Å². The first kappa shape index (κ1) is 23.9. The summed E-state index contributed by atoms with van der Waals surface area (Å²) in [5, 5.41) is 6.86. The number of hydrogen-bond donors (Lipinski definition) is 2. The summed E-state index contributed by atoms with van der Waals surface area (Å²) in [6, 6.07) is 3.93. The van der Waals surface area contributed by atoms with Gasteiger partial charge in [0.2, 0.25) is 5.88 Å². The number of rotatable bonds is 8. The fourth-order valence-electron chi connectivity index (χ4n) is 3.20. The topological polar surface area (TPSA) is 61.8 Å². The van der Waals surface area contributed by atoms with Gasteiger partial charge in [0.05, 0.1) is 13.2 Å². The summed E-state index contributed by atoms with van der Waals surface area (Å²) in [6.07, 6.45) is 5.75. The maximum Gasteiger partial charge on any atom is 0.213 e. The van der Waals surface area contributed by atoms with E-state index >= 15 is 0 Å². The Bertz CT molecular complexity index is 573. The van der Waals surface area contributed by atoms with Crippen LogP contribution in [0.15, 0.2) is 23.3 Å². The number of likely N-dealkylation sites (tertiary alicyclic amines) is 1. The summed E-state index contributed by atoms with van der Waals surface area (Å²) in [5.41, 5.74) is 1.21. The standard InChI is InChI=1S/C20H35N5O.HI/c1-5-21-19(23-15-17-10-11-22-18(14-17)26-6-2)24-16-20(3,4)25-12-8-7-9-13-25;/h10-11,14H,5-9,12-13,15-16H2,1-4H3,(H2,21,23,24);1H. The Morgan fingerprint density at radius 1 is 1.22 bits per heavy atom. The molecule has 2 rings (SSSR count). The second-order valence-corrected chi connectivity index (χ2v) is 7.34. The van der Waals surface area contributed by atoms with Gasteiger partial charge in [0.25, 0.3) is 0 Å². The molecule has 7 heteroatoms. The van der Waals surface area contributed by atoms with Crippen LogP contribution in [0.25, 0.3) is 0 Å². The Morgan fingerprint density at radius 3 is 2.63 bits per heavy atom. The molecule has 1 aliphatic rings. The van der Waals surface area contributed by atoms with Crippen LogP contribution in [-0.4, -0.2) is 54.2 Å². The summed E-state index contributed by atoms with van der Waals surface area (Å²) in [6.45, 7) is 14.0. The quantitative estimate of drug-likeness (QED) is 0.333. The first-order chi connectivity index (χ1) is 12.5. The van der Waals surface area contributed by atoms with Gasteiger partial charge in [-0.1, -0.05) is 6.42 Å². The molecule has 1 aliphatic heterocycles. The molecule has 0 aromatic carbocycles. The third kappa shape index (κ3) is 8.21. The van der Waals surface area contributed by atoms with Gasteiger partial charge in [0, 0.05) is 30.9 Å². The number of pyridine rings is 1. The molecular formula is C20H36IN5O. The number of aliphatic imine (C=N–C) groups is 1. The number of guanidine groups is 1. The second kappa shape index (κ2) is 12.4. The van der Waals surface area contributed by atoms with Gasteiger partial charge in [-0.15, -0.1) is 24.0 Å². The molecule has 1 aromatic heterocycles. The molecule has 0 amide bonds. The highest BCUT2D eigenvalue weighted by atomic mass is 127. The number of nitrogens with zero attached hydrogens (tertiary/aromatic N) is 3. The van der Waals surface area contributed by atoms with Crippen molar-refractivity contribution < 1.29 is 4.74 Å². The van der Waals surface area contributed by atoms with Gasteiger partial charge in [0.1, 0.15) is 0 Å². The summed E-state index contributed by atoms with van der Waals surface area (Å²) >= 11 is 0. The minimum atomic E-state index is 0. The zero-order valence-corrected chi connectivity index (χ0v) is 19.6. The number of piperidine rings is 1. The van der Waals surface area contributed by atoms with Crippen LogP contribution in [0.1, 0.15) is 52.5 Å². The van der Waals surface area contributed by atoms with Crippen LogP contribution in [0, 0.1) is 0 Å². The maximum atomic E-state index is 5.46. The molecule has 0 aliphatic carbocycles. The van der Waals surface area contributed by atoms with Crippen LogP contribution < -0.4 is 15.4 Å². The number of halogens is 1. The summed E-state index contributed by atoms with van der Waals surface area (Å²) in [5.74, 6) is 1.51. The van der Waals surface area contributed by atoms with Crippen molar-refractivity contribution in [3.63, 3.8) is 0 Å². The van der Waals surface area contributed by atoms with Gasteiger partial charge in [-0.3, -0.25) is 4.90 Å². The van der Waals surface area contributed by atoms with Crippen molar-refractivity contribution >= 4 is 29.9 Å². The molecule has 154 valence electrons. The van der Waals surface area contributed by atoms with E-state index in [4.69, 9.17) is 9.73 Å². The van der Waals surface area contributed by atoms with Gasteiger partial charge < -0.3 is 15.4 Å². The van der Waals surface area contributed by atoms with Gasteiger partial charge in [-0.2, -0.15) is 0 Å². The van der Waals surface area contributed by atoms with Crippen molar-refractivity contribution in [2.24, 2.45) is 4.99 Å². The van der Waals surface area contributed by atoms with Gasteiger partial charge in [-0.05, 0) is 65.3 Å². The zero-order chi connectivity index (χ0) is 18.8. The Hall–Kier alpha value is -1.09. The molecule has 0 saturated carbocycles. The average Bonchev–Trinajstić information content (AvgIpc) is 2.65. The Morgan fingerprint density at radius 2 is 1.96 bits per heavy atom. The first-order valence-electron chi connectivity index (χ1n) is 9.90. The molecule has 0 radical (unpaired) electrons. The summed E-state index contributed by atoms with van der Waals surface area (Å²) < 4.78 is 5.46. The highest BCUT2D eigenvalue weighted by Gasteiger charge is 2.27. The van der Waals surface area contributed by atoms with Gasteiger partial charge >= 0.3 is 0 Å². The lowest BCUT2D eigenvalue weighted by Gasteiger charge is -2.41. The lowest BCUT2D eigenvalue weighted by atomic mass is 9.98. The number of aromatic nitrogens is 1. The Kier molecular flexibility index (Phi) is 11.0. The number of nitrogens with one attached hydrogen (secondary N) is 2. The predicted octanol–water partition coefficient (Wildman–Crippen LogP) is 3.42. The van der Waals surface area contributed by atoms with Crippen molar-refractivity contribution in [3.05, 3.63) is 23.9 Å². The second-order valence-electron chi connectivity index (χ2n) is 7.34. The van der Waals surface area contributed by atoms with E-state index in [0.717, 1.165) is 24.6 Å². The van der Waals surface area contributed by atoms with Crippen LogP contribution in [-0.2, 0) is 6.54 Å². The SMILES string of the molecule is CCNC(=NCc1ccnc(OCC)c1)NCC(C)(C)N1CCCCC1.I. The molecule has 0 bridgehead atoms. The molecule has 2 N–H and O–H groups in total. The van der Waals surface area contributed by atoms with Crippen LogP contribution >= 0.6 is 24.0 Å². The van der Waals surface area contributed by atoms with Crippen molar-refractivity contribution in [3.8, 4) is 5.88 Å². The molecule has 0 spiro atoms. The highest BCUT2D eigenvalue weighted by molar-refractivity contribution is 14.0. The van der Waals surface area contributed by atoms with E-state index < -0.39 is 0 Å². The first-order valence-corrected chi connectivity index (χ1v) is 9.90. The predicted molar refractivity (Wildman–Crippen MR) is 123 cm³/mol. The summed E-state index contributed by atoms with van der Waals surface area (Å²) in [4.78, 5) is 11.5. The van der Waals surface area contributed by atoms with Gasteiger partial charge in [0.15, 0.2) is 5.96 Å². The van der Waals surface area contributed by atoms with E-state index in [0.29, 0.717) is 19.0 Å². The summed E-state index contributed by atoms with van der Waals surface area (Å²) in [7, 11) is 0. The Labute approximate surface area is 181 Å². The molecule has 1 saturated heterocycles. The third-order valence-electron chi connectivity index (χ3n) is 4.76. The van der Waals surface area contributed by atoms with E-state index in [1.54, 1.807) is 6.20 Å². The van der Waals surface area contributed by atoms with Crippen molar-refractivity contribution in [2.75, 3.05) is 32.8 Å². The zero-order valence-electron chi connectivity index (χ0n) is 17.3. The van der Waals surface area contributed by atoms with Crippen LogP contribution in [0.3, 0.4) is 0 Å². The fraction of sp³-hybridized carbons (Fsp3) is 0.700. The molecule has 0 atom stereocenters. The minimum absolute atomic E-state index is 0. The largest absolute Gasteiger partial charge is 0.478 e. The molecule has 6 nitrogen and oxygen atoms in total. The van der Waals surface area contributed by atoms with E-state index in [2.05, 4.69) is 41.3 Å². The lowest BCUT2D eigenvalue weighted by Crippen LogP contribution is -2.54. The van der Waals surface area contributed by atoms with Gasteiger partial charge in [-0.25, -0.2) is 9.98 Å². The lowest BCUT2D eigenvalue weighted by molar-refractivity contribution is 0.0982. The monoisotopic (exact) mass is 489 g/mol. The van der Waals surface area contributed by atoms with E-state index in [1.165, 1.54) is 32.4 Å². The highest BCUT2D eigenvalue weighted by Crippen LogP contribution is 2.19. The molecule has 1 fully saturated rings. The van der Waals surface area contributed by atoms with Crippen LogP contribution in [0.4, 0.5) is 0 Å². The molecule has 27 heavy (non-hydrogen) atoms. The Balaban J connectivity index is 0.00000364. The number of ether oxygens (including phenoxy) is 1. The maximum absolute atomic E-state index is 5.46. The number of hydrogen-bond acceptors (Lipinski definition) is 4. The molecule has 1 aromatic rings. The van der Waals surface area contributed by atoms with Crippen molar-refractivity contribution in [2.45, 2.75) is 59.0 Å². The van der Waals surface area contributed by atoms with Crippen molar-refractivity contribution in [1.82, 2.24) is 20.5 Å². The minimum Gasteiger partial charge on any atom is -0.478 e. The van der Waals surface area contributed by atoms with E-state index in [-0.39, 0.29) is 29.5 Å². The van der Waals surface area contributed by atoms with Crippen molar-refractivity contribution in [1.29, 1.82) is 0 Å². The molecule has 2 heterocycles. The van der Waals surface area contributed by atoms with Crippen LogP contribution in [0.5, 0.6) is 5.88 Å². The molecule has 0 unspecified atom stereocenters. The van der Waals surface area contributed by atoms with E-state index in [9.17, 15) is 0 Å². The fourth-order valence-corrected chi connectivity index (χ4v) is 3.20. The smallest absolute Gasteiger partial charge is 0.213 e. The van der Waals surface area contributed by atoms with E-state index in [1.807, 2.05) is 19.1 Å². The molecular weight excluding hydrogens is 453 g/mol. The average molecular weight is 489 g/mol. The third-order valence-corrected chi connectivity index (χ3v) is 4.76.